The van der Waals surface area contributed by atoms with Gasteiger partial charge in [0.25, 0.3) is 0 Å². The van der Waals surface area contributed by atoms with E-state index in [1.807, 2.05) is 76.2 Å². The Labute approximate surface area is 242 Å². The van der Waals surface area contributed by atoms with Gasteiger partial charge < -0.3 is 15.4 Å². The number of nitrogens with one attached hydrogen (secondary N) is 2. The molecule has 0 aliphatic carbocycles. The summed E-state index contributed by atoms with van der Waals surface area (Å²) in [4.78, 5) is 40.3. The molecule has 0 radical (unpaired) electrons. The number of aromatic nitrogens is 4. The van der Waals surface area contributed by atoms with Crippen molar-refractivity contribution in [2.75, 3.05) is 0 Å². The molecule has 3 rings (SSSR count). The summed E-state index contributed by atoms with van der Waals surface area (Å²) in [5, 5.41) is 18.1. The van der Waals surface area contributed by atoms with Gasteiger partial charge in [0, 0.05) is 6.42 Å². The lowest BCUT2D eigenvalue weighted by atomic mass is 9.98. The summed E-state index contributed by atoms with van der Waals surface area (Å²) in [7, 11) is 0. The molecule has 0 aliphatic rings. The van der Waals surface area contributed by atoms with Gasteiger partial charge in [0.2, 0.25) is 5.91 Å². The zero-order valence-electron chi connectivity index (χ0n) is 24.5. The Balaban J connectivity index is 1.56. The molecule has 1 aromatic heterocycles. The molecule has 0 saturated heterocycles. The number of aryl methyl sites for hydroxylation is 2. The molecular formula is C31H42N6O4. The minimum Gasteiger partial charge on any atom is -0.445 e. The van der Waals surface area contributed by atoms with Crippen LogP contribution >= 0.6 is 0 Å². The van der Waals surface area contributed by atoms with Crippen molar-refractivity contribution in [2.45, 2.75) is 85.0 Å². The number of amides is 2. The monoisotopic (exact) mass is 562 g/mol. The summed E-state index contributed by atoms with van der Waals surface area (Å²) in [5.74, 6) is 0.194. The molecule has 0 fully saturated rings. The van der Waals surface area contributed by atoms with Gasteiger partial charge in [0.1, 0.15) is 19.2 Å². The number of nitrogens with zero attached hydrogens (tertiary/aromatic N) is 4. The SMILES string of the molecule is CC(C)C[C@H](NC(=O)[C@H](CC(C)C)NC(=O)OCc1ccccc1)C(=O)Cn1nnc(CCCc2ccccc2)n1. The number of rotatable bonds is 16. The predicted molar refractivity (Wildman–Crippen MR) is 156 cm³/mol. The average molecular weight is 563 g/mol. The minimum atomic E-state index is -0.846. The molecule has 0 saturated carbocycles. The Morgan fingerprint density at radius 1 is 0.805 bits per heavy atom. The molecule has 0 bridgehead atoms. The molecule has 41 heavy (non-hydrogen) atoms. The Hall–Kier alpha value is -4.08. The second kappa shape index (κ2) is 16.2. The van der Waals surface area contributed by atoms with Crippen molar-refractivity contribution < 1.29 is 19.1 Å². The standard InChI is InChI=1S/C31H42N6O4/c1-22(2)18-26(28(38)20-37-35-29(34-36-37)17-11-16-24-12-7-5-8-13-24)32-30(39)27(19-23(3)4)33-31(40)41-21-25-14-9-6-10-15-25/h5-10,12-15,22-23,26-27H,11,16-21H2,1-4H3,(H,32,39)(H,33,40)/t26-,27-/m0/s1. The zero-order valence-corrected chi connectivity index (χ0v) is 24.5. The smallest absolute Gasteiger partial charge is 0.408 e. The maximum atomic E-state index is 13.3. The Morgan fingerprint density at radius 2 is 1.41 bits per heavy atom. The van der Waals surface area contributed by atoms with Crippen molar-refractivity contribution in [3.8, 4) is 0 Å². The topological polar surface area (TPSA) is 128 Å². The first-order valence-corrected chi connectivity index (χ1v) is 14.3. The maximum absolute atomic E-state index is 13.3. The number of carbonyl (C=O) groups excluding carboxylic acids is 3. The number of benzene rings is 2. The molecule has 1 heterocycles. The number of alkyl carbamates (subject to hydrolysis) is 1. The lowest BCUT2D eigenvalue weighted by molar-refractivity contribution is -0.130. The minimum absolute atomic E-state index is 0.0936. The van der Waals surface area contributed by atoms with Crippen LogP contribution in [0, 0.1) is 11.8 Å². The largest absolute Gasteiger partial charge is 0.445 e. The third-order valence-corrected chi connectivity index (χ3v) is 6.44. The van der Waals surface area contributed by atoms with E-state index in [0.717, 1.165) is 18.4 Å². The summed E-state index contributed by atoms with van der Waals surface area (Å²) in [6.45, 7) is 7.87. The average Bonchev–Trinajstić information content (AvgIpc) is 3.38. The highest BCUT2D eigenvalue weighted by atomic mass is 16.5. The van der Waals surface area contributed by atoms with Crippen LogP contribution < -0.4 is 10.6 Å². The number of hydrogen-bond acceptors (Lipinski definition) is 7. The highest BCUT2D eigenvalue weighted by Crippen LogP contribution is 2.11. The molecule has 2 aromatic carbocycles. The van der Waals surface area contributed by atoms with Gasteiger partial charge in [0.15, 0.2) is 11.6 Å². The van der Waals surface area contributed by atoms with Crippen molar-refractivity contribution in [1.29, 1.82) is 0 Å². The van der Waals surface area contributed by atoms with Crippen LogP contribution in [0.3, 0.4) is 0 Å². The van der Waals surface area contributed by atoms with Crippen LogP contribution in [0.5, 0.6) is 0 Å². The number of ether oxygens (including phenoxy) is 1. The number of Topliss-reactive ketones (excluding diaryl/α,β-unsaturated/α-hetero) is 1. The molecule has 2 N–H and O–H groups in total. The highest BCUT2D eigenvalue weighted by molar-refractivity contribution is 5.92. The van der Waals surface area contributed by atoms with Gasteiger partial charge in [-0.15, -0.1) is 10.2 Å². The first kappa shape index (κ1) is 31.4. The second-order valence-corrected chi connectivity index (χ2v) is 11.1. The fourth-order valence-electron chi connectivity index (χ4n) is 4.41. The molecule has 0 aliphatic heterocycles. The van der Waals surface area contributed by atoms with E-state index in [0.29, 0.717) is 25.1 Å². The van der Waals surface area contributed by atoms with Gasteiger partial charge in [-0.3, -0.25) is 9.59 Å². The molecule has 3 aromatic rings. The molecule has 0 spiro atoms. The fraction of sp³-hybridized carbons (Fsp3) is 0.484. The molecule has 10 nitrogen and oxygen atoms in total. The van der Waals surface area contributed by atoms with Crippen LogP contribution in [0.1, 0.15) is 63.9 Å². The highest BCUT2D eigenvalue weighted by Gasteiger charge is 2.28. The first-order valence-electron chi connectivity index (χ1n) is 14.3. The van der Waals surface area contributed by atoms with Gasteiger partial charge in [-0.05, 0) is 53.9 Å². The molecule has 2 amide bonds. The summed E-state index contributed by atoms with van der Waals surface area (Å²) < 4.78 is 5.32. The van der Waals surface area contributed by atoms with Crippen LogP contribution in [0.25, 0.3) is 0 Å². The van der Waals surface area contributed by atoms with Crippen LogP contribution in [-0.4, -0.2) is 50.1 Å². The molecule has 0 unspecified atom stereocenters. The normalized spacial score (nSPS) is 12.6. The first-order chi connectivity index (χ1) is 19.7. The van der Waals surface area contributed by atoms with Crippen LogP contribution in [0.2, 0.25) is 0 Å². The van der Waals surface area contributed by atoms with Crippen molar-refractivity contribution in [3.05, 3.63) is 77.6 Å². The van der Waals surface area contributed by atoms with Gasteiger partial charge >= 0.3 is 6.09 Å². The van der Waals surface area contributed by atoms with Gasteiger partial charge in [-0.1, -0.05) is 88.4 Å². The summed E-state index contributed by atoms with van der Waals surface area (Å²) in [6, 6.07) is 17.9. The van der Waals surface area contributed by atoms with Crippen molar-refractivity contribution in [2.24, 2.45) is 11.8 Å². The third-order valence-electron chi connectivity index (χ3n) is 6.44. The lowest BCUT2D eigenvalue weighted by Gasteiger charge is -2.24. The number of tetrazole rings is 1. The van der Waals surface area contributed by atoms with Gasteiger partial charge in [-0.25, -0.2) is 4.79 Å². The number of ketones is 1. The fourth-order valence-corrected chi connectivity index (χ4v) is 4.41. The number of carbonyl (C=O) groups is 3. The van der Waals surface area contributed by atoms with Crippen LogP contribution in [0.4, 0.5) is 4.79 Å². The van der Waals surface area contributed by atoms with E-state index in [2.05, 4.69) is 38.2 Å². The predicted octanol–water partition coefficient (Wildman–Crippen LogP) is 4.29. The zero-order chi connectivity index (χ0) is 29.6. The van der Waals surface area contributed by atoms with Crippen LogP contribution in [0.15, 0.2) is 60.7 Å². The van der Waals surface area contributed by atoms with E-state index in [4.69, 9.17) is 4.74 Å². The second-order valence-electron chi connectivity index (χ2n) is 11.1. The summed E-state index contributed by atoms with van der Waals surface area (Å²) in [6.07, 6.45) is 2.57. The van der Waals surface area contributed by atoms with E-state index < -0.39 is 24.1 Å². The quantitative estimate of drug-likeness (QED) is 0.267. The van der Waals surface area contributed by atoms with Crippen molar-refractivity contribution in [3.63, 3.8) is 0 Å². The third kappa shape index (κ3) is 11.5. The summed E-state index contributed by atoms with van der Waals surface area (Å²) >= 11 is 0. The Bertz CT molecular complexity index is 1230. The lowest BCUT2D eigenvalue weighted by Crippen LogP contribution is -2.52. The number of hydrogen-bond donors (Lipinski definition) is 2. The van der Waals surface area contributed by atoms with E-state index in [1.54, 1.807) is 0 Å². The van der Waals surface area contributed by atoms with Crippen molar-refractivity contribution in [1.82, 2.24) is 30.8 Å². The van der Waals surface area contributed by atoms with Gasteiger partial charge in [0.05, 0.1) is 6.04 Å². The molecule has 10 heteroatoms. The van der Waals surface area contributed by atoms with Crippen molar-refractivity contribution >= 4 is 17.8 Å². The van der Waals surface area contributed by atoms with E-state index in [-0.39, 0.29) is 30.8 Å². The Kier molecular flexibility index (Phi) is 12.5. The van der Waals surface area contributed by atoms with Gasteiger partial charge in [-0.2, -0.15) is 4.80 Å². The molecule has 2 atom stereocenters. The molecular weight excluding hydrogens is 520 g/mol. The van der Waals surface area contributed by atoms with E-state index in [9.17, 15) is 14.4 Å². The van der Waals surface area contributed by atoms with E-state index >= 15 is 0 Å². The van der Waals surface area contributed by atoms with E-state index in [1.165, 1.54) is 10.4 Å². The maximum Gasteiger partial charge on any atom is 0.408 e. The summed E-state index contributed by atoms with van der Waals surface area (Å²) in [5.41, 5.74) is 2.09. The van der Waals surface area contributed by atoms with Crippen LogP contribution in [-0.2, 0) is 40.3 Å². The Morgan fingerprint density at radius 3 is 2.05 bits per heavy atom. The molecule has 220 valence electrons.